The van der Waals surface area contributed by atoms with Crippen molar-refractivity contribution in [1.82, 2.24) is 0 Å². The van der Waals surface area contributed by atoms with E-state index >= 15 is 0 Å². The lowest BCUT2D eigenvalue weighted by Crippen LogP contribution is -2.26. The van der Waals surface area contributed by atoms with Crippen molar-refractivity contribution >= 4 is 17.4 Å². The Bertz CT molecular complexity index is 379. The van der Waals surface area contributed by atoms with Crippen LogP contribution in [0.2, 0.25) is 0 Å². The van der Waals surface area contributed by atoms with Gasteiger partial charge < -0.3 is 9.05 Å². The number of hydrogen-bond acceptors (Lipinski definition) is 5. The minimum absolute atomic E-state index is 0.603. The molecule has 0 aromatic rings. The second kappa shape index (κ2) is 5.00. The van der Waals surface area contributed by atoms with Crippen LogP contribution < -0.4 is 0 Å². The smallest absolute Gasteiger partial charge is 0.302 e. The number of sulfone groups is 1. The first-order valence-corrected chi connectivity index (χ1v) is 9.09. The minimum atomic E-state index is -3.67. The molecular formula is C10H23O5PS. The Balaban J connectivity index is 5.17. The Labute approximate surface area is 104 Å². The molecule has 5 nitrogen and oxygen atoms in total. The molecule has 0 N–H and O–H groups in total. The molecule has 0 aliphatic carbocycles. The average Bonchev–Trinajstić information content (AvgIpc) is 1.65. The third kappa shape index (κ3) is 9.77. The average molecular weight is 286 g/mol. The third-order valence-electron chi connectivity index (χ3n) is 1.22. The Morgan fingerprint density at radius 2 is 1.24 bits per heavy atom. The molecule has 0 fully saturated rings. The van der Waals surface area contributed by atoms with Gasteiger partial charge in [-0.2, -0.15) is 0 Å². The normalized spacial score (nSPS) is 15.0. The van der Waals surface area contributed by atoms with Gasteiger partial charge in [0.25, 0.3) is 0 Å². The van der Waals surface area contributed by atoms with E-state index in [9.17, 15) is 13.0 Å². The van der Waals surface area contributed by atoms with E-state index in [1.165, 1.54) is 0 Å². The summed E-state index contributed by atoms with van der Waals surface area (Å²) < 4.78 is 45.7. The van der Waals surface area contributed by atoms with Gasteiger partial charge in [-0.3, -0.25) is 4.57 Å². The zero-order valence-corrected chi connectivity index (χ0v) is 13.3. The van der Waals surface area contributed by atoms with Crippen LogP contribution >= 0.6 is 7.60 Å². The van der Waals surface area contributed by atoms with Crippen LogP contribution in [0.15, 0.2) is 0 Å². The number of rotatable bonds is 4. The van der Waals surface area contributed by atoms with Crippen LogP contribution in [0.3, 0.4) is 0 Å². The van der Waals surface area contributed by atoms with E-state index < -0.39 is 34.1 Å². The van der Waals surface area contributed by atoms with Gasteiger partial charge in [-0.25, -0.2) is 8.42 Å². The van der Waals surface area contributed by atoms with E-state index in [1.807, 2.05) is 0 Å². The quantitative estimate of drug-likeness (QED) is 0.743. The maximum atomic E-state index is 12.4. The Morgan fingerprint density at radius 3 is 1.41 bits per heavy atom. The molecule has 7 heteroatoms. The second-order valence-corrected chi connectivity index (χ2v) is 10.5. The highest BCUT2D eigenvalue weighted by atomic mass is 32.2. The van der Waals surface area contributed by atoms with E-state index in [0.717, 1.165) is 6.26 Å². The van der Waals surface area contributed by atoms with E-state index in [2.05, 4.69) is 0 Å². The van der Waals surface area contributed by atoms with E-state index in [0.29, 0.717) is 0 Å². The summed E-state index contributed by atoms with van der Waals surface area (Å²) in [5.74, 6) is 0. The fourth-order valence-electron chi connectivity index (χ4n) is 1.19. The molecule has 0 rings (SSSR count). The van der Waals surface area contributed by atoms with Gasteiger partial charge >= 0.3 is 7.60 Å². The zero-order chi connectivity index (χ0) is 14.1. The zero-order valence-electron chi connectivity index (χ0n) is 11.6. The molecule has 0 aromatic carbocycles. The molecule has 0 aromatic heterocycles. The largest absolute Gasteiger partial charge is 0.346 e. The molecule has 0 unspecified atom stereocenters. The van der Waals surface area contributed by atoms with Gasteiger partial charge in [-0.1, -0.05) is 0 Å². The third-order valence-corrected chi connectivity index (χ3v) is 6.01. The van der Waals surface area contributed by atoms with Crippen LogP contribution in [-0.4, -0.2) is 31.4 Å². The lowest BCUT2D eigenvalue weighted by molar-refractivity contribution is 0.0512. The highest BCUT2D eigenvalue weighted by Crippen LogP contribution is 2.55. The van der Waals surface area contributed by atoms with Crippen molar-refractivity contribution in [2.45, 2.75) is 52.7 Å². The lowest BCUT2D eigenvalue weighted by Gasteiger charge is -2.31. The summed E-state index contributed by atoms with van der Waals surface area (Å²) >= 11 is 0. The number of hydrogen-bond donors (Lipinski definition) is 0. The predicted molar refractivity (Wildman–Crippen MR) is 69.0 cm³/mol. The monoisotopic (exact) mass is 286 g/mol. The summed E-state index contributed by atoms with van der Waals surface area (Å²) in [5, 5.41) is 0. The van der Waals surface area contributed by atoms with E-state index in [-0.39, 0.29) is 0 Å². The molecule has 0 aliphatic rings. The first-order valence-electron chi connectivity index (χ1n) is 5.30. The lowest BCUT2D eigenvalue weighted by atomic mass is 10.2. The second-order valence-electron chi connectivity index (χ2n) is 6.07. The topological polar surface area (TPSA) is 69.7 Å². The summed E-state index contributed by atoms with van der Waals surface area (Å²) in [6.07, 6.45) is 1.01. The standard InChI is InChI=1S/C10H23O5PS/c1-9(2,3)14-16(11,8-17(7,12)13)15-10(4,5)6/h8H2,1-7H3. The van der Waals surface area contributed by atoms with Crippen molar-refractivity contribution in [3.8, 4) is 0 Å². The molecular weight excluding hydrogens is 263 g/mol. The summed E-state index contributed by atoms with van der Waals surface area (Å²) in [4.78, 5) is 0. The fraction of sp³-hybridized carbons (Fsp3) is 1.00. The molecule has 0 bridgehead atoms. The molecule has 0 aliphatic heterocycles. The maximum Gasteiger partial charge on any atom is 0.346 e. The van der Waals surface area contributed by atoms with Crippen LogP contribution in [0.4, 0.5) is 0 Å². The first kappa shape index (κ1) is 17.1. The van der Waals surface area contributed by atoms with Crippen LogP contribution in [0, 0.1) is 0 Å². The van der Waals surface area contributed by atoms with Crippen LogP contribution in [0.5, 0.6) is 0 Å². The van der Waals surface area contributed by atoms with Gasteiger partial charge in [0.15, 0.2) is 15.3 Å². The predicted octanol–water partition coefficient (Wildman–Crippen LogP) is 2.81. The summed E-state index contributed by atoms with van der Waals surface area (Å²) in [5.41, 5.74) is -2.06. The molecule has 0 radical (unpaired) electrons. The summed E-state index contributed by atoms with van der Waals surface area (Å²) in [7, 11) is -7.11. The molecule has 0 heterocycles. The van der Waals surface area contributed by atoms with Crippen LogP contribution in [0.25, 0.3) is 0 Å². The van der Waals surface area contributed by atoms with Gasteiger partial charge in [-0.05, 0) is 41.5 Å². The van der Waals surface area contributed by atoms with Crippen molar-refractivity contribution in [1.29, 1.82) is 0 Å². The fourth-order valence-corrected chi connectivity index (χ4v) is 5.62. The van der Waals surface area contributed by atoms with Gasteiger partial charge in [0, 0.05) is 6.26 Å². The van der Waals surface area contributed by atoms with Gasteiger partial charge in [-0.15, -0.1) is 0 Å². The molecule has 104 valence electrons. The van der Waals surface area contributed by atoms with Gasteiger partial charge in [0.1, 0.15) is 0 Å². The summed E-state index contributed by atoms with van der Waals surface area (Å²) in [6, 6.07) is 0. The minimum Gasteiger partial charge on any atom is -0.302 e. The molecule has 0 saturated carbocycles. The van der Waals surface area contributed by atoms with Crippen molar-refractivity contribution < 1.29 is 22.0 Å². The molecule has 0 saturated heterocycles. The van der Waals surface area contributed by atoms with Crippen LogP contribution in [-0.2, 0) is 23.4 Å². The molecule has 0 atom stereocenters. The van der Waals surface area contributed by atoms with Gasteiger partial charge in [0.2, 0.25) is 0 Å². The van der Waals surface area contributed by atoms with E-state index in [1.54, 1.807) is 41.5 Å². The Hall–Kier alpha value is 0.100. The summed E-state index contributed by atoms with van der Waals surface area (Å²) in [6.45, 7) is 10.2. The van der Waals surface area contributed by atoms with E-state index in [4.69, 9.17) is 9.05 Å². The Morgan fingerprint density at radius 1 is 0.941 bits per heavy atom. The molecule has 17 heavy (non-hydrogen) atoms. The SMILES string of the molecule is CC(C)(C)OP(=O)(CS(C)(=O)=O)OC(C)(C)C. The molecule has 0 spiro atoms. The highest BCUT2D eigenvalue weighted by Gasteiger charge is 2.38. The van der Waals surface area contributed by atoms with Crippen molar-refractivity contribution in [2.75, 3.05) is 11.7 Å². The van der Waals surface area contributed by atoms with Gasteiger partial charge in [0.05, 0.1) is 11.2 Å². The molecule has 0 amide bonds. The maximum absolute atomic E-state index is 12.4. The van der Waals surface area contributed by atoms with Crippen LogP contribution in [0.1, 0.15) is 41.5 Å². The van der Waals surface area contributed by atoms with Crippen molar-refractivity contribution in [3.05, 3.63) is 0 Å². The van der Waals surface area contributed by atoms with Crippen molar-refractivity contribution in [2.24, 2.45) is 0 Å². The highest BCUT2D eigenvalue weighted by molar-refractivity contribution is 7.97. The Kier molecular flexibility index (Phi) is 5.03. The van der Waals surface area contributed by atoms with Crippen molar-refractivity contribution in [3.63, 3.8) is 0 Å². The first-order chi connectivity index (χ1) is 7.12.